The number of benzene rings is 2. The maximum atomic E-state index is 13.6. The summed E-state index contributed by atoms with van der Waals surface area (Å²) in [6.07, 6.45) is 0. The molecular formula is C23H20N2O6S2. The number of amides is 1. The molecule has 1 amide bonds. The number of esters is 1. The van der Waals surface area contributed by atoms with Crippen LogP contribution >= 0.6 is 11.3 Å². The largest absolute Gasteiger partial charge is 0.502 e. The molecule has 0 radical (unpaired) electrons. The first kappa shape index (κ1) is 22.7. The smallest absolute Gasteiger partial charge is 0.350 e. The van der Waals surface area contributed by atoms with Crippen molar-refractivity contribution in [1.29, 1.82) is 0 Å². The number of nitrogens with zero attached hydrogens (tertiary/aromatic N) is 2. The summed E-state index contributed by atoms with van der Waals surface area (Å²) in [5.41, 5.74) is 1.66. The molecule has 2 aromatic carbocycles. The second-order valence-corrected chi connectivity index (χ2v) is 10.3. The van der Waals surface area contributed by atoms with E-state index >= 15 is 0 Å². The number of carbonyl (C=O) groups excluding carboxylic acids is 2. The molecule has 1 atom stereocenters. The summed E-state index contributed by atoms with van der Waals surface area (Å²) in [6.45, 7) is 3.41. The zero-order chi connectivity index (χ0) is 23.9. The summed E-state index contributed by atoms with van der Waals surface area (Å²) in [7, 11) is -3.02. The molecule has 0 saturated carbocycles. The van der Waals surface area contributed by atoms with E-state index in [1.807, 2.05) is 6.92 Å². The van der Waals surface area contributed by atoms with Crippen LogP contribution in [-0.2, 0) is 19.4 Å². The van der Waals surface area contributed by atoms with E-state index in [4.69, 9.17) is 4.74 Å². The Hall–Kier alpha value is -3.50. The molecule has 4 rings (SSSR count). The highest BCUT2D eigenvalue weighted by molar-refractivity contribution is 7.95. The van der Waals surface area contributed by atoms with Crippen LogP contribution in [0, 0.1) is 13.8 Å². The van der Waals surface area contributed by atoms with Gasteiger partial charge in [-0.3, -0.25) is 9.69 Å². The number of sulfone groups is 1. The van der Waals surface area contributed by atoms with Crippen molar-refractivity contribution in [3.8, 4) is 0 Å². The molecule has 0 fully saturated rings. The van der Waals surface area contributed by atoms with E-state index in [1.165, 1.54) is 19.2 Å². The second kappa shape index (κ2) is 8.45. The fraction of sp³-hybridized carbons (Fsp3) is 0.174. The quantitative estimate of drug-likeness (QED) is 0.547. The fourth-order valence-electron chi connectivity index (χ4n) is 3.60. The minimum atomic E-state index is -4.25. The van der Waals surface area contributed by atoms with E-state index in [-0.39, 0.29) is 14.9 Å². The molecule has 10 heteroatoms. The maximum Gasteiger partial charge on any atom is 0.350 e. The van der Waals surface area contributed by atoms with Crippen molar-refractivity contribution in [2.75, 3.05) is 12.0 Å². The molecule has 2 heterocycles. The molecule has 0 saturated heterocycles. The number of anilines is 1. The normalized spacial score (nSPS) is 16.4. The van der Waals surface area contributed by atoms with Crippen LogP contribution in [-0.4, -0.2) is 37.5 Å². The molecule has 170 valence electrons. The van der Waals surface area contributed by atoms with Gasteiger partial charge in [0.25, 0.3) is 5.91 Å². The monoisotopic (exact) mass is 484 g/mol. The van der Waals surface area contributed by atoms with E-state index < -0.39 is 38.4 Å². The Morgan fingerprint density at radius 3 is 2.33 bits per heavy atom. The van der Waals surface area contributed by atoms with E-state index in [9.17, 15) is 23.1 Å². The van der Waals surface area contributed by atoms with Crippen molar-refractivity contribution in [3.63, 3.8) is 0 Å². The van der Waals surface area contributed by atoms with E-state index in [1.54, 1.807) is 49.4 Å². The second-order valence-electron chi connectivity index (χ2n) is 7.42. The summed E-state index contributed by atoms with van der Waals surface area (Å²) in [6, 6.07) is 13.5. The zero-order valence-corrected chi connectivity index (χ0v) is 19.6. The summed E-state index contributed by atoms with van der Waals surface area (Å²) in [4.78, 5) is 30.4. The van der Waals surface area contributed by atoms with Crippen LogP contribution in [0.15, 0.2) is 70.2 Å². The highest BCUT2D eigenvalue weighted by Crippen LogP contribution is 2.46. The van der Waals surface area contributed by atoms with Crippen molar-refractivity contribution < 1.29 is 27.9 Å². The first-order chi connectivity index (χ1) is 15.7. The zero-order valence-electron chi connectivity index (χ0n) is 18.0. The number of hydrogen-bond acceptors (Lipinski definition) is 8. The van der Waals surface area contributed by atoms with Gasteiger partial charge in [-0.05, 0) is 31.5 Å². The van der Waals surface area contributed by atoms with Gasteiger partial charge in [0.1, 0.15) is 15.8 Å². The van der Waals surface area contributed by atoms with Crippen molar-refractivity contribution >= 4 is 38.2 Å². The van der Waals surface area contributed by atoms with Crippen LogP contribution in [0.2, 0.25) is 0 Å². The molecule has 0 bridgehead atoms. The number of aliphatic hydroxyl groups is 1. The SMILES string of the molecule is COC(=O)c1sc(N2C(=O)C(O)=C(S(=O)(=O)c3ccc(C)cc3)[C@H]2c2ccccc2)nc1C. The third-order valence-corrected chi connectivity index (χ3v) is 8.28. The number of thiazole rings is 1. The van der Waals surface area contributed by atoms with Gasteiger partial charge in [-0.25, -0.2) is 18.2 Å². The molecule has 1 aliphatic rings. The van der Waals surface area contributed by atoms with E-state index in [2.05, 4.69) is 4.98 Å². The molecule has 3 aromatic rings. The third-order valence-electron chi connectivity index (χ3n) is 5.26. The maximum absolute atomic E-state index is 13.6. The Kier molecular flexibility index (Phi) is 5.81. The van der Waals surface area contributed by atoms with Crippen LogP contribution in [0.1, 0.15) is 32.5 Å². The average Bonchev–Trinajstić information content (AvgIpc) is 3.31. The summed E-state index contributed by atoms with van der Waals surface area (Å²) in [5.74, 6) is -2.42. The lowest BCUT2D eigenvalue weighted by Gasteiger charge is -2.24. The lowest BCUT2D eigenvalue weighted by atomic mass is 10.1. The molecule has 1 aliphatic heterocycles. The molecule has 0 unspecified atom stereocenters. The minimum Gasteiger partial charge on any atom is -0.502 e. The van der Waals surface area contributed by atoms with Crippen LogP contribution in [0.3, 0.4) is 0 Å². The van der Waals surface area contributed by atoms with Gasteiger partial charge in [0.2, 0.25) is 9.84 Å². The lowest BCUT2D eigenvalue weighted by Crippen LogP contribution is -2.31. The molecule has 8 nitrogen and oxygen atoms in total. The van der Waals surface area contributed by atoms with Gasteiger partial charge in [-0.1, -0.05) is 59.4 Å². The predicted molar refractivity (Wildman–Crippen MR) is 123 cm³/mol. The summed E-state index contributed by atoms with van der Waals surface area (Å²) < 4.78 is 32.0. The number of aromatic nitrogens is 1. The number of methoxy groups -OCH3 is 1. The molecular weight excluding hydrogens is 464 g/mol. The third kappa shape index (κ3) is 3.81. The van der Waals surface area contributed by atoms with Gasteiger partial charge in [-0.15, -0.1) is 0 Å². The fourth-order valence-corrected chi connectivity index (χ4v) is 6.24. The highest BCUT2D eigenvalue weighted by Gasteiger charge is 2.48. The Balaban J connectivity index is 1.92. The number of hydrogen-bond donors (Lipinski definition) is 1. The Morgan fingerprint density at radius 2 is 1.73 bits per heavy atom. The standard InChI is InChI=1S/C23H20N2O6S2/c1-13-9-11-16(12-10-13)33(29,30)20-17(15-7-5-4-6-8-15)25(21(27)18(20)26)23-24-14(2)19(32-23)22(28)31-3/h4-12,17,26H,1-3H3/t17-/m1/s1. The number of aryl methyl sites for hydroxylation is 2. The first-order valence-electron chi connectivity index (χ1n) is 9.86. The van der Waals surface area contributed by atoms with Gasteiger partial charge in [0, 0.05) is 0 Å². The van der Waals surface area contributed by atoms with Gasteiger partial charge < -0.3 is 9.84 Å². The van der Waals surface area contributed by atoms with Crippen molar-refractivity contribution in [1.82, 2.24) is 4.98 Å². The molecule has 1 aromatic heterocycles. The molecule has 33 heavy (non-hydrogen) atoms. The van der Waals surface area contributed by atoms with Gasteiger partial charge in [0.15, 0.2) is 10.9 Å². The average molecular weight is 485 g/mol. The van der Waals surface area contributed by atoms with Crippen LogP contribution < -0.4 is 4.90 Å². The summed E-state index contributed by atoms with van der Waals surface area (Å²) in [5, 5.41) is 10.9. The van der Waals surface area contributed by atoms with Crippen LogP contribution in [0.5, 0.6) is 0 Å². The van der Waals surface area contributed by atoms with E-state index in [0.717, 1.165) is 21.8 Å². The molecule has 1 N–H and O–H groups in total. The predicted octanol–water partition coefficient (Wildman–Crippen LogP) is 3.88. The highest BCUT2D eigenvalue weighted by atomic mass is 32.2. The lowest BCUT2D eigenvalue weighted by molar-refractivity contribution is -0.117. The van der Waals surface area contributed by atoms with Gasteiger partial charge >= 0.3 is 5.97 Å². The Morgan fingerprint density at radius 1 is 1.09 bits per heavy atom. The molecule has 0 aliphatic carbocycles. The van der Waals surface area contributed by atoms with E-state index in [0.29, 0.717) is 11.3 Å². The minimum absolute atomic E-state index is 0.0456. The van der Waals surface area contributed by atoms with Gasteiger partial charge in [0.05, 0.1) is 17.7 Å². The number of ether oxygens (including phenoxy) is 1. The van der Waals surface area contributed by atoms with Gasteiger partial charge in [-0.2, -0.15) is 0 Å². The van der Waals surface area contributed by atoms with Crippen molar-refractivity contribution in [3.05, 3.63) is 87.0 Å². The van der Waals surface area contributed by atoms with Crippen molar-refractivity contribution in [2.45, 2.75) is 24.8 Å². The number of rotatable bonds is 5. The number of carbonyl (C=O) groups is 2. The van der Waals surface area contributed by atoms with Crippen LogP contribution in [0.4, 0.5) is 5.13 Å². The van der Waals surface area contributed by atoms with Crippen molar-refractivity contribution in [2.24, 2.45) is 0 Å². The topological polar surface area (TPSA) is 114 Å². The molecule has 0 spiro atoms. The Bertz CT molecular complexity index is 1380. The first-order valence-corrected chi connectivity index (χ1v) is 12.2. The number of aliphatic hydroxyl groups excluding tert-OH is 1. The Labute approximate surface area is 194 Å². The van der Waals surface area contributed by atoms with Crippen LogP contribution in [0.25, 0.3) is 0 Å². The summed E-state index contributed by atoms with van der Waals surface area (Å²) >= 11 is 0.891.